The first-order chi connectivity index (χ1) is 16.9. The first-order valence-electron chi connectivity index (χ1n) is 12.9. The van der Waals surface area contributed by atoms with Crippen LogP contribution in [0.15, 0.2) is 41.2 Å². The van der Waals surface area contributed by atoms with Crippen LogP contribution in [0.25, 0.3) is 6.08 Å². The van der Waals surface area contributed by atoms with E-state index in [4.69, 9.17) is 9.15 Å². The molecule has 7 nitrogen and oxygen atoms in total. The highest BCUT2D eigenvalue weighted by atomic mass is 16.5. The van der Waals surface area contributed by atoms with E-state index < -0.39 is 17.1 Å². The highest BCUT2D eigenvalue weighted by Gasteiger charge is 2.73. The van der Waals surface area contributed by atoms with Gasteiger partial charge in [-0.05, 0) is 74.8 Å². The Morgan fingerprint density at radius 2 is 2.11 bits per heavy atom. The third-order valence-corrected chi connectivity index (χ3v) is 9.54. The molecule has 1 aromatic carbocycles. The lowest BCUT2D eigenvalue weighted by molar-refractivity contribution is -0.200. The van der Waals surface area contributed by atoms with Gasteiger partial charge in [-0.15, -0.1) is 0 Å². The SMILES string of the molecule is CN(C(=O)/C=C/c1ccoc1)C1CC[C@@]2(O)[C@H]3Cc4ccc(O)c5c4C2(CCN3CC2CC2)C1O5. The third kappa shape index (κ3) is 2.88. The van der Waals surface area contributed by atoms with Gasteiger partial charge in [0.1, 0.15) is 6.10 Å². The number of piperidine rings is 1. The topological polar surface area (TPSA) is 86.4 Å². The molecule has 1 amide bonds. The molecule has 2 bridgehead atoms. The Balaban J connectivity index is 1.28. The number of rotatable bonds is 5. The number of nitrogens with zero attached hydrogens (tertiary/aromatic N) is 2. The number of carbonyl (C=O) groups is 1. The van der Waals surface area contributed by atoms with E-state index in [0.29, 0.717) is 18.6 Å². The predicted octanol–water partition coefficient (Wildman–Crippen LogP) is 3.09. The number of hydrogen-bond donors (Lipinski definition) is 2. The highest BCUT2D eigenvalue weighted by Crippen LogP contribution is 2.66. The summed E-state index contributed by atoms with van der Waals surface area (Å²) < 4.78 is 11.7. The van der Waals surface area contributed by atoms with Gasteiger partial charge in [0.05, 0.1) is 29.6 Å². The molecule has 7 rings (SSSR count). The van der Waals surface area contributed by atoms with Gasteiger partial charge < -0.3 is 24.3 Å². The van der Waals surface area contributed by atoms with E-state index in [1.54, 1.807) is 35.6 Å². The molecule has 2 aliphatic heterocycles. The number of aliphatic hydroxyl groups is 1. The molecule has 3 fully saturated rings. The summed E-state index contributed by atoms with van der Waals surface area (Å²) in [6.45, 7) is 1.96. The fourth-order valence-corrected chi connectivity index (χ4v) is 7.67. The molecule has 35 heavy (non-hydrogen) atoms. The van der Waals surface area contributed by atoms with Crippen LogP contribution in [0.4, 0.5) is 0 Å². The van der Waals surface area contributed by atoms with Crippen molar-refractivity contribution >= 4 is 12.0 Å². The molecule has 7 heteroatoms. The third-order valence-electron chi connectivity index (χ3n) is 9.54. The molecule has 3 unspecified atom stereocenters. The van der Waals surface area contributed by atoms with Gasteiger partial charge in [-0.1, -0.05) is 6.07 Å². The lowest BCUT2D eigenvalue weighted by atomic mass is 9.48. The normalized spacial score (nSPS) is 35.1. The lowest BCUT2D eigenvalue weighted by Gasteiger charge is -2.64. The molecular weight excluding hydrogens is 444 g/mol. The average Bonchev–Trinajstić information content (AvgIpc) is 3.36. The minimum atomic E-state index is -0.941. The summed E-state index contributed by atoms with van der Waals surface area (Å²) in [6.07, 6.45) is 11.5. The standard InChI is InChI=1S/C28H32N2O5/c1-29(23(32)7-4-18-9-13-34-16-18)20-8-10-28(33)22-14-19-5-6-21(31)25-24(19)27(28,26(20)35-25)11-12-30(22)15-17-2-3-17/h4-7,9,13,16-17,20,22,26,31,33H,2-3,8,10-12,14-15H2,1H3/b7-4+/t20?,22-,26?,27?,28-/m1/s1. The first-order valence-corrected chi connectivity index (χ1v) is 12.9. The van der Waals surface area contributed by atoms with Crippen molar-refractivity contribution in [1.82, 2.24) is 9.80 Å². The summed E-state index contributed by atoms with van der Waals surface area (Å²) in [7, 11) is 1.82. The minimum absolute atomic E-state index is 0.0360. The number of likely N-dealkylation sites (N-methyl/N-ethyl adjacent to an activating group) is 1. The summed E-state index contributed by atoms with van der Waals surface area (Å²) >= 11 is 0. The van der Waals surface area contributed by atoms with Crippen LogP contribution in [0.5, 0.6) is 11.5 Å². The van der Waals surface area contributed by atoms with Crippen molar-refractivity contribution in [3.05, 3.63) is 53.5 Å². The van der Waals surface area contributed by atoms with Crippen molar-refractivity contribution < 1.29 is 24.2 Å². The summed E-state index contributed by atoms with van der Waals surface area (Å²) in [6, 6.07) is 5.38. The molecule has 2 N–H and O–H groups in total. The Morgan fingerprint density at radius 3 is 2.89 bits per heavy atom. The van der Waals surface area contributed by atoms with Gasteiger partial charge >= 0.3 is 0 Å². The quantitative estimate of drug-likeness (QED) is 0.645. The Hall–Kier alpha value is -2.77. The molecular formula is C28H32N2O5. The van der Waals surface area contributed by atoms with Crippen molar-refractivity contribution in [3.8, 4) is 11.5 Å². The lowest BCUT2D eigenvalue weighted by Crippen LogP contribution is -2.78. The van der Waals surface area contributed by atoms with Crippen LogP contribution in [0.3, 0.4) is 0 Å². The van der Waals surface area contributed by atoms with E-state index in [1.807, 2.05) is 19.2 Å². The van der Waals surface area contributed by atoms with E-state index in [-0.39, 0.29) is 23.7 Å². The number of amides is 1. The molecule has 1 aromatic heterocycles. The Morgan fingerprint density at radius 1 is 1.26 bits per heavy atom. The zero-order valence-electron chi connectivity index (χ0n) is 20.0. The first kappa shape index (κ1) is 21.5. The maximum atomic E-state index is 13.2. The molecule has 5 atom stereocenters. The summed E-state index contributed by atoms with van der Waals surface area (Å²) in [5.41, 5.74) is 1.44. The molecule has 2 aromatic rings. The largest absolute Gasteiger partial charge is 0.504 e. The van der Waals surface area contributed by atoms with E-state index in [1.165, 1.54) is 18.4 Å². The Kier molecular flexibility index (Phi) is 4.53. The monoisotopic (exact) mass is 476 g/mol. The van der Waals surface area contributed by atoms with Crippen LogP contribution in [0, 0.1) is 5.92 Å². The number of furan rings is 1. The molecule has 3 aliphatic carbocycles. The van der Waals surface area contributed by atoms with Gasteiger partial charge in [0.15, 0.2) is 11.5 Å². The van der Waals surface area contributed by atoms with Crippen LogP contribution in [0.2, 0.25) is 0 Å². The van der Waals surface area contributed by atoms with Crippen LogP contribution >= 0.6 is 0 Å². The van der Waals surface area contributed by atoms with Crippen molar-refractivity contribution in [1.29, 1.82) is 0 Å². The van der Waals surface area contributed by atoms with Gasteiger partial charge in [-0.2, -0.15) is 0 Å². The molecule has 2 saturated carbocycles. The van der Waals surface area contributed by atoms with E-state index >= 15 is 0 Å². The average molecular weight is 477 g/mol. The van der Waals surface area contributed by atoms with Gasteiger partial charge in [0, 0.05) is 36.8 Å². The number of aromatic hydroxyl groups is 1. The van der Waals surface area contributed by atoms with Gasteiger partial charge in [0.25, 0.3) is 0 Å². The second kappa shape index (κ2) is 7.37. The summed E-state index contributed by atoms with van der Waals surface area (Å²) in [4.78, 5) is 17.5. The van der Waals surface area contributed by atoms with Gasteiger partial charge in [-0.25, -0.2) is 0 Å². The van der Waals surface area contributed by atoms with E-state index in [2.05, 4.69) is 4.90 Å². The number of likely N-dealkylation sites (tertiary alicyclic amines) is 1. The van der Waals surface area contributed by atoms with Crippen LogP contribution in [-0.2, 0) is 16.6 Å². The van der Waals surface area contributed by atoms with Gasteiger partial charge in [0.2, 0.25) is 5.91 Å². The number of phenols is 1. The molecule has 1 spiro atoms. The fraction of sp³-hybridized carbons (Fsp3) is 0.536. The van der Waals surface area contributed by atoms with Gasteiger partial charge in [-0.3, -0.25) is 9.69 Å². The maximum Gasteiger partial charge on any atom is 0.246 e. The summed E-state index contributed by atoms with van der Waals surface area (Å²) in [5.74, 6) is 1.28. The number of phenolic OH excluding ortho intramolecular Hbond substituents is 1. The number of benzene rings is 1. The smallest absolute Gasteiger partial charge is 0.246 e. The van der Waals surface area contributed by atoms with Crippen LogP contribution < -0.4 is 4.74 Å². The molecule has 184 valence electrons. The summed E-state index contributed by atoms with van der Waals surface area (Å²) in [5, 5.41) is 23.3. The zero-order valence-corrected chi connectivity index (χ0v) is 20.0. The van der Waals surface area contributed by atoms with Crippen molar-refractivity contribution in [2.45, 2.75) is 67.7 Å². The van der Waals surface area contributed by atoms with Crippen LogP contribution in [-0.4, -0.2) is 69.8 Å². The second-order valence-electron chi connectivity index (χ2n) is 11.2. The predicted molar refractivity (Wildman–Crippen MR) is 129 cm³/mol. The molecule has 1 saturated heterocycles. The Labute approximate surface area is 205 Å². The number of hydrogen-bond acceptors (Lipinski definition) is 6. The van der Waals surface area contributed by atoms with Crippen molar-refractivity contribution in [3.63, 3.8) is 0 Å². The molecule has 3 heterocycles. The maximum absolute atomic E-state index is 13.2. The van der Waals surface area contributed by atoms with Crippen LogP contribution in [0.1, 0.15) is 48.8 Å². The fourth-order valence-electron chi connectivity index (χ4n) is 7.67. The highest BCUT2D eigenvalue weighted by molar-refractivity contribution is 5.91. The minimum Gasteiger partial charge on any atom is -0.504 e. The molecule has 0 radical (unpaired) electrons. The second-order valence-corrected chi connectivity index (χ2v) is 11.2. The van der Waals surface area contributed by atoms with Crippen molar-refractivity contribution in [2.75, 3.05) is 20.1 Å². The van der Waals surface area contributed by atoms with E-state index in [9.17, 15) is 15.0 Å². The van der Waals surface area contributed by atoms with E-state index in [0.717, 1.165) is 43.0 Å². The number of carbonyl (C=O) groups excluding carboxylic acids is 1. The van der Waals surface area contributed by atoms with Crippen molar-refractivity contribution in [2.24, 2.45) is 5.92 Å². The number of ether oxygens (including phenoxy) is 1. The Bertz CT molecular complexity index is 1200. The molecule has 5 aliphatic rings. The zero-order chi connectivity index (χ0) is 23.9.